The largest absolute Gasteiger partial charge is 0.271 e. The van der Waals surface area contributed by atoms with Gasteiger partial charge < -0.3 is 0 Å². The number of benzene rings is 1. The minimum absolute atomic E-state index is 0.0683. The standard InChI is InChI=1S/C13H19FN2S/c14-12-3-1-2-11(9-12)13(16-15)8-10-4-6-17-7-5-10/h1-3,9-10,13,16H,4-8,15H2. The molecule has 0 amide bonds. The van der Waals surface area contributed by atoms with E-state index in [1.54, 1.807) is 12.1 Å². The topological polar surface area (TPSA) is 38.0 Å². The van der Waals surface area contributed by atoms with Gasteiger partial charge in [0.05, 0.1) is 0 Å². The number of halogens is 1. The summed E-state index contributed by atoms with van der Waals surface area (Å²) in [7, 11) is 0. The first-order valence-corrected chi connectivity index (χ1v) is 7.24. The molecule has 1 aromatic carbocycles. The Labute approximate surface area is 106 Å². The van der Waals surface area contributed by atoms with Gasteiger partial charge in [-0.1, -0.05) is 12.1 Å². The molecule has 1 saturated heterocycles. The number of nitrogens with two attached hydrogens (primary N) is 1. The maximum Gasteiger partial charge on any atom is 0.123 e. The van der Waals surface area contributed by atoms with Crippen molar-refractivity contribution in [3.63, 3.8) is 0 Å². The number of thioether (sulfide) groups is 1. The van der Waals surface area contributed by atoms with Crippen molar-refractivity contribution < 1.29 is 4.39 Å². The van der Waals surface area contributed by atoms with Crippen LogP contribution in [0.15, 0.2) is 24.3 Å². The van der Waals surface area contributed by atoms with Crippen LogP contribution in [0.25, 0.3) is 0 Å². The predicted octanol–water partition coefficient (Wildman–Crippen LogP) is 2.86. The number of hydrogen-bond acceptors (Lipinski definition) is 3. The lowest BCUT2D eigenvalue weighted by atomic mass is 9.91. The van der Waals surface area contributed by atoms with Gasteiger partial charge in [-0.3, -0.25) is 11.3 Å². The van der Waals surface area contributed by atoms with E-state index in [-0.39, 0.29) is 11.9 Å². The zero-order chi connectivity index (χ0) is 12.1. The lowest BCUT2D eigenvalue weighted by molar-refractivity contribution is 0.373. The average Bonchev–Trinajstić information content (AvgIpc) is 2.37. The first-order chi connectivity index (χ1) is 8.29. The van der Waals surface area contributed by atoms with E-state index in [0.29, 0.717) is 5.92 Å². The number of rotatable bonds is 4. The fourth-order valence-corrected chi connectivity index (χ4v) is 3.54. The fraction of sp³-hybridized carbons (Fsp3) is 0.538. The Kier molecular flexibility index (Phi) is 4.83. The molecule has 0 spiro atoms. The lowest BCUT2D eigenvalue weighted by Crippen LogP contribution is -2.30. The maximum atomic E-state index is 13.2. The van der Waals surface area contributed by atoms with E-state index in [1.165, 1.54) is 30.4 Å². The van der Waals surface area contributed by atoms with Crippen molar-refractivity contribution in [1.82, 2.24) is 5.43 Å². The van der Waals surface area contributed by atoms with Crippen LogP contribution in [0.5, 0.6) is 0 Å². The van der Waals surface area contributed by atoms with Gasteiger partial charge in [-0.2, -0.15) is 11.8 Å². The van der Waals surface area contributed by atoms with Crippen molar-refractivity contribution in [2.75, 3.05) is 11.5 Å². The van der Waals surface area contributed by atoms with Gasteiger partial charge in [0.25, 0.3) is 0 Å². The molecule has 1 atom stereocenters. The number of hydrogen-bond donors (Lipinski definition) is 2. The molecule has 0 saturated carbocycles. The maximum absolute atomic E-state index is 13.2. The van der Waals surface area contributed by atoms with Crippen molar-refractivity contribution in [3.8, 4) is 0 Å². The molecule has 3 N–H and O–H groups in total. The van der Waals surface area contributed by atoms with Crippen LogP contribution >= 0.6 is 11.8 Å². The summed E-state index contributed by atoms with van der Waals surface area (Å²) in [5.74, 6) is 8.59. The van der Waals surface area contributed by atoms with E-state index in [1.807, 2.05) is 17.8 Å². The van der Waals surface area contributed by atoms with E-state index >= 15 is 0 Å². The van der Waals surface area contributed by atoms with E-state index in [0.717, 1.165) is 12.0 Å². The van der Waals surface area contributed by atoms with Gasteiger partial charge in [0.1, 0.15) is 5.82 Å². The van der Waals surface area contributed by atoms with Crippen LogP contribution in [-0.4, -0.2) is 11.5 Å². The third kappa shape index (κ3) is 3.69. The van der Waals surface area contributed by atoms with Gasteiger partial charge in [0, 0.05) is 6.04 Å². The molecule has 0 aromatic heterocycles. The van der Waals surface area contributed by atoms with Gasteiger partial charge in [-0.25, -0.2) is 4.39 Å². The second kappa shape index (κ2) is 6.38. The Morgan fingerprint density at radius 1 is 1.41 bits per heavy atom. The fourth-order valence-electron chi connectivity index (χ4n) is 2.34. The molecule has 1 fully saturated rings. The molecule has 0 aliphatic carbocycles. The zero-order valence-corrected chi connectivity index (χ0v) is 10.7. The van der Waals surface area contributed by atoms with Crippen LogP contribution in [0.3, 0.4) is 0 Å². The zero-order valence-electron chi connectivity index (χ0n) is 9.86. The molecule has 1 aromatic rings. The molecule has 17 heavy (non-hydrogen) atoms. The van der Waals surface area contributed by atoms with Crippen LogP contribution in [-0.2, 0) is 0 Å². The van der Waals surface area contributed by atoms with Gasteiger partial charge in [0.2, 0.25) is 0 Å². The first-order valence-electron chi connectivity index (χ1n) is 6.09. The summed E-state index contributed by atoms with van der Waals surface area (Å²) >= 11 is 2.02. The van der Waals surface area contributed by atoms with Crippen molar-refractivity contribution in [1.29, 1.82) is 0 Å². The lowest BCUT2D eigenvalue weighted by Gasteiger charge is -2.26. The Balaban J connectivity index is 2.00. The van der Waals surface area contributed by atoms with E-state index in [9.17, 15) is 4.39 Å². The highest BCUT2D eigenvalue weighted by atomic mass is 32.2. The molecule has 1 aliphatic heterocycles. The summed E-state index contributed by atoms with van der Waals surface area (Å²) in [6.45, 7) is 0. The van der Waals surface area contributed by atoms with Gasteiger partial charge in [-0.05, 0) is 54.4 Å². The molecule has 4 heteroatoms. The van der Waals surface area contributed by atoms with Crippen molar-refractivity contribution in [2.45, 2.75) is 25.3 Å². The quantitative estimate of drug-likeness (QED) is 0.641. The number of nitrogens with one attached hydrogen (secondary N) is 1. The molecule has 0 bridgehead atoms. The van der Waals surface area contributed by atoms with E-state index in [2.05, 4.69) is 5.43 Å². The van der Waals surface area contributed by atoms with Crippen LogP contribution in [0, 0.1) is 11.7 Å². The Morgan fingerprint density at radius 2 is 2.18 bits per heavy atom. The van der Waals surface area contributed by atoms with Gasteiger partial charge >= 0.3 is 0 Å². The molecular formula is C13H19FN2S. The second-order valence-electron chi connectivity index (χ2n) is 4.57. The molecule has 1 heterocycles. The van der Waals surface area contributed by atoms with E-state index in [4.69, 9.17) is 5.84 Å². The van der Waals surface area contributed by atoms with Crippen molar-refractivity contribution in [2.24, 2.45) is 11.8 Å². The highest BCUT2D eigenvalue weighted by molar-refractivity contribution is 7.99. The molecule has 94 valence electrons. The molecular weight excluding hydrogens is 235 g/mol. The first kappa shape index (κ1) is 12.9. The third-order valence-corrected chi connectivity index (χ3v) is 4.41. The Hall–Kier alpha value is -0.580. The average molecular weight is 254 g/mol. The summed E-state index contributed by atoms with van der Waals surface area (Å²) in [6, 6.07) is 6.78. The number of hydrazine groups is 1. The SMILES string of the molecule is NNC(CC1CCSCC1)c1cccc(F)c1. The highest BCUT2D eigenvalue weighted by Gasteiger charge is 2.19. The van der Waals surface area contributed by atoms with Crippen LogP contribution in [0.1, 0.15) is 30.9 Å². The molecule has 0 radical (unpaired) electrons. The molecule has 1 unspecified atom stereocenters. The highest BCUT2D eigenvalue weighted by Crippen LogP contribution is 2.30. The Morgan fingerprint density at radius 3 is 2.82 bits per heavy atom. The third-order valence-electron chi connectivity index (χ3n) is 3.36. The van der Waals surface area contributed by atoms with Crippen LogP contribution < -0.4 is 11.3 Å². The monoisotopic (exact) mass is 254 g/mol. The molecule has 2 rings (SSSR count). The van der Waals surface area contributed by atoms with Crippen LogP contribution in [0.4, 0.5) is 4.39 Å². The minimum Gasteiger partial charge on any atom is -0.271 e. The van der Waals surface area contributed by atoms with Crippen molar-refractivity contribution in [3.05, 3.63) is 35.6 Å². The summed E-state index contributed by atoms with van der Waals surface area (Å²) < 4.78 is 13.2. The summed E-state index contributed by atoms with van der Waals surface area (Å²) in [4.78, 5) is 0. The van der Waals surface area contributed by atoms with Crippen molar-refractivity contribution >= 4 is 11.8 Å². The van der Waals surface area contributed by atoms with Gasteiger partial charge in [0.15, 0.2) is 0 Å². The normalized spacial score (nSPS) is 19.2. The minimum atomic E-state index is -0.193. The molecule has 1 aliphatic rings. The van der Waals surface area contributed by atoms with Crippen LogP contribution in [0.2, 0.25) is 0 Å². The molecule has 2 nitrogen and oxygen atoms in total. The summed E-state index contributed by atoms with van der Waals surface area (Å²) in [6.07, 6.45) is 3.50. The Bertz CT molecular complexity index is 353. The summed E-state index contributed by atoms with van der Waals surface area (Å²) in [5.41, 5.74) is 3.77. The smallest absolute Gasteiger partial charge is 0.123 e. The predicted molar refractivity (Wildman–Crippen MR) is 71.1 cm³/mol. The summed E-state index contributed by atoms with van der Waals surface area (Å²) in [5, 5.41) is 0. The van der Waals surface area contributed by atoms with E-state index < -0.39 is 0 Å². The second-order valence-corrected chi connectivity index (χ2v) is 5.79. The van der Waals surface area contributed by atoms with Gasteiger partial charge in [-0.15, -0.1) is 0 Å².